The molecule has 0 saturated carbocycles. The summed E-state index contributed by atoms with van der Waals surface area (Å²) in [5, 5.41) is 0. The fraction of sp³-hybridized carbons (Fsp3) is 0.194. The Morgan fingerprint density at radius 3 is 2.50 bits per heavy atom. The maximum absolute atomic E-state index is 7.16. The van der Waals surface area contributed by atoms with E-state index in [-0.39, 0.29) is 0 Å². The topological polar surface area (TPSA) is 39.0 Å². The molecule has 178 valence electrons. The molecule has 2 aliphatic rings. The summed E-state index contributed by atoms with van der Waals surface area (Å²) in [5.74, 6) is 2.44. The third-order valence-electron chi connectivity index (χ3n) is 7.48. The molecule has 4 heterocycles. The van der Waals surface area contributed by atoms with Gasteiger partial charge >= 0.3 is 0 Å². The summed E-state index contributed by atoms with van der Waals surface area (Å²) in [6.07, 6.45) is 2.08. The van der Waals surface area contributed by atoms with E-state index in [0.717, 1.165) is 69.8 Å². The smallest absolute Gasteiger partial charge is 0.209 e. The molecule has 1 atom stereocenters. The number of aryl methyl sites for hydroxylation is 1. The van der Waals surface area contributed by atoms with Gasteiger partial charge in [0.25, 0.3) is 0 Å². The predicted octanol–water partition coefficient (Wildman–Crippen LogP) is 6.95. The number of anilines is 1. The highest BCUT2D eigenvalue weighted by atomic mass is 16.5. The zero-order valence-corrected chi connectivity index (χ0v) is 20.7. The van der Waals surface area contributed by atoms with Crippen LogP contribution in [0.25, 0.3) is 16.9 Å². The van der Waals surface area contributed by atoms with Crippen molar-refractivity contribution >= 4 is 11.3 Å². The lowest BCUT2D eigenvalue weighted by Gasteiger charge is -2.43. The first kappa shape index (κ1) is 21.1. The SMILES string of the molecule is CCN(CC)c1ccc2c(c1)Oc1ccccc1C21Oc2ccc(C)cc2-c2nc3ccccn3c21. The number of benzene rings is 3. The van der Waals surface area contributed by atoms with Crippen molar-refractivity contribution in [3.63, 3.8) is 0 Å². The van der Waals surface area contributed by atoms with E-state index in [2.05, 4.69) is 90.9 Å². The number of nitrogens with zero attached hydrogens (tertiary/aromatic N) is 3. The second-order valence-corrected chi connectivity index (χ2v) is 9.47. The lowest BCUT2D eigenvalue weighted by molar-refractivity contribution is 0.132. The molecule has 0 amide bonds. The average Bonchev–Trinajstić information content (AvgIpc) is 3.31. The lowest BCUT2D eigenvalue weighted by atomic mass is 9.77. The molecule has 0 N–H and O–H groups in total. The van der Waals surface area contributed by atoms with Gasteiger partial charge in [0, 0.05) is 47.7 Å². The van der Waals surface area contributed by atoms with E-state index in [0.29, 0.717) is 0 Å². The maximum Gasteiger partial charge on any atom is 0.209 e. The number of hydrogen-bond acceptors (Lipinski definition) is 4. The Labute approximate surface area is 210 Å². The second-order valence-electron chi connectivity index (χ2n) is 9.47. The molecule has 1 spiro atoms. The molecule has 0 aliphatic carbocycles. The average molecular weight is 474 g/mol. The Morgan fingerprint density at radius 2 is 1.64 bits per heavy atom. The molecule has 0 saturated heterocycles. The van der Waals surface area contributed by atoms with Crippen LogP contribution in [0.4, 0.5) is 5.69 Å². The van der Waals surface area contributed by atoms with Crippen LogP contribution in [0.15, 0.2) is 85.1 Å². The number of aromatic nitrogens is 2. The van der Waals surface area contributed by atoms with Crippen molar-refractivity contribution in [3.8, 4) is 28.5 Å². The highest BCUT2D eigenvalue weighted by molar-refractivity contribution is 5.80. The first-order valence-corrected chi connectivity index (χ1v) is 12.6. The second kappa shape index (κ2) is 7.62. The van der Waals surface area contributed by atoms with Gasteiger partial charge in [0.1, 0.15) is 34.3 Å². The molecule has 0 bridgehead atoms. The van der Waals surface area contributed by atoms with E-state index in [9.17, 15) is 0 Å². The molecule has 7 rings (SSSR count). The number of fused-ring (bicyclic) bond motifs is 10. The summed E-state index contributed by atoms with van der Waals surface area (Å²) in [6, 6.07) is 27.2. The van der Waals surface area contributed by atoms with Gasteiger partial charge in [-0.05, 0) is 63.2 Å². The van der Waals surface area contributed by atoms with E-state index in [1.54, 1.807) is 0 Å². The molecule has 36 heavy (non-hydrogen) atoms. The van der Waals surface area contributed by atoms with Gasteiger partial charge in [-0.2, -0.15) is 0 Å². The molecule has 2 aliphatic heterocycles. The van der Waals surface area contributed by atoms with Crippen LogP contribution >= 0.6 is 0 Å². The molecular weight excluding hydrogens is 446 g/mol. The minimum absolute atomic E-state index is 0.800. The first-order chi connectivity index (χ1) is 17.6. The molecule has 3 aromatic carbocycles. The Bertz CT molecular complexity index is 1650. The summed E-state index contributed by atoms with van der Waals surface area (Å²) in [4.78, 5) is 7.47. The highest BCUT2D eigenvalue weighted by Gasteiger charge is 2.52. The Morgan fingerprint density at radius 1 is 0.833 bits per heavy atom. The van der Waals surface area contributed by atoms with Crippen LogP contribution in [0.3, 0.4) is 0 Å². The third kappa shape index (κ3) is 2.74. The number of hydrogen-bond donors (Lipinski definition) is 0. The number of pyridine rings is 1. The molecule has 2 aromatic heterocycles. The van der Waals surface area contributed by atoms with Crippen molar-refractivity contribution in [2.24, 2.45) is 0 Å². The highest BCUT2D eigenvalue weighted by Crippen LogP contribution is 2.58. The van der Waals surface area contributed by atoms with Crippen molar-refractivity contribution in [2.75, 3.05) is 18.0 Å². The largest absolute Gasteiger partial charge is 0.470 e. The number of para-hydroxylation sites is 1. The predicted molar refractivity (Wildman–Crippen MR) is 142 cm³/mol. The van der Waals surface area contributed by atoms with Crippen LogP contribution in [-0.4, -0.2) is 22.5 Å². The van der Waals surface area contributed by atoms with E-state index < -0.39 is 5.60 Å². The minimum Gasteiger partial charge on any atom is -0.470 e. The van der Waals surface area contributed by atoms with E-state index in [1.165, 1.54) is 5.56 Å². The van der Waals surface area contributed by atoms with Gasteiger partial charge in [-0.25, -0.2) is 4.98 Å². The molecular formula is C31H27N3O2. The van der Waals surface area contributed by atoms with Gasteiger partial charge in [-0.1, -0.05) is 35.9 Å². The van der Waals surface area contributed by atoms with Crippen molar-refractivity contribution in [1.29, 1.82) is 0 Å². The van der Waals surface area contributed by atoms with Crippen LogP contribution in [0, 0.1) is 6.92 Å². The van der Waals surface area contributed by atoms with Gasteiger partial charge < -0.3 is 14.4 Å². The number of ether oxygens (including phenoxy) is 2. The fourth-order valence-electron chi connectivity index (χ4n) is 5.80. The first-order valence-electron chi connectivity index (χ1n) is 12.6. The number of imidazole rings is 1. The molecule has 0 radical (unpaired) electrons. The van der Waals surface area contributed by atoms with E-state index >= 15 is 0 Å². The summed E-state index contributed by atoms with van der Waals surface area (Å²) in [5.41, 5.74) is 7.22. The molecule has 0 fully saturated rings. The zero-order valence-electron chi connectivity index (χ0n) is 20.7. The van der Waals surface area contributed by atoms with Crippen LogP contribution in [-0.2, 0) is 5.60 Å². The van der Waals surface area contributed by atoms with Crippen LogP contribution < -0.4 is 14.4 Å². The van der Waals surface area contributed by atoms with Gasteiger partial charge in [-0.15, -0.1) is 0 Å². The van der Waals surface area contributed by atoms with Gasteiger partial charge in [0.2, 0.25) is 5.60 Å². The van der Waals surface area contributed by atoms with E-state index in [1.807, 2.05) is 24.3 Å². The Balaban J connectivity index is 1.60. The monoisotopic (exact) mass is 473 g/mol. The Hall–Kier alpha value is -4.25. The van der Waals surface area contributed by atoms with Gasteiger partial charge in [0.05, 0.1) is 0 Å². The quantitative estimate of drug-likeness (QED) is 0.284. The molecule has 5 aromatic rings. The minimum atomic E-state index is -0.912. The van der Waals surface area contributed by atoms with Crippen LogP contribution in [0.1, 0.15) is 36.2 Å². The van der Waals surface area contributed by atoms with Crippen molar-refractivity contribution < 1.29 is 9.47 Å². The molecule has 1 unspecified atom stereocenters. The van der Waals surface area contributed by atoms with Crippen LogP contribution in [0.5, 0.6) is 17.2 Å². The summed E-state index contributed by atoms with van der Waals surface area (Å²) in [7, 11) is 0. The molecule has 5 heteroatoms. The Kier molecular flexibility index (Phi) is 4.46. The lowest BCUT2D eigenvalue weighted by Crippen LogP contribution is -2.42. The van der Waals surface area contributed by atoms with Crippen molar-refractivity contribution in [1.82, 2.24) is 9.38 Å². The van der Waals surface area contributed by atoms with Crippen molar-refractivity contribution in [3.05, 3.63) is 107 Å². The van der Waals surface area contributed by atoms with Gasteiger partial charge in [0.15, 0.2) is 0 Å². The summed E-state index contributed by atoms with van der Waals surface area (Å²) in [6.45, 7) is 8.31. The zero-order chi connectivity index (χ0) is 24.4. The fourth-order valence-corrected chi connectivity index (χ4v) is 5.80. The standard InChI is InChI=1S/C31H27N3O2/c1-4-33(5-2)21-14-15-24-27(19-21)35-26-11-7-6-10-23(26)31(24)30-29(32-28-12-8-9-17-34(28)30)22-18-20(3)13-16-25(22)36-31/h6-19H,4-5H2,1-3H3. The van der Waals surface area contributed by atoms with Crippen molar-refractivity contribution in [2.45, 2.75) is 26.4 Å². The normalized spacial score (nSPS) is 17.0. The van der Waals surface area contributed by atoms with Crippen LogP contribution in [0.2, 0.25) is 0 Å². The maximum atomic E-state index is 7.16. The number of rotatable bonds is 3. The summed E-state index contributed by atoms with van der Waals surface area (Å²) < 4.78 is 15.9. The van der Waals surface area contributed by atoms with E-state index in [4.69, 9.17) is 14.5 Å². The third-order valence-corrected chi connectivity index (χ3v) is 7.48. The molecule has 5 nitrogen and oxygen atoms in total. The van der Waals surface area contributed by atoms with Gasteiger partial charge in [-0.3, -0.25) is 4.40 Å². The summed E-state index contributed by atoms with van der Waals surface area (Å²) >= 11 is 0.